The van der Waals surface area contributed by atoms with Crippen molar-refractivity contribution in [3.05, 3.63) is 71.8 Å². The second-order valence-corrected chi connectivity index (χ2v) is 7.27. The lowest BCUT2D eigenvalue weighted by Crippen LogP contribution is -2.36. The number of ether oxygens (including phenoxy) is 2. The molecule has 0 radical (unpaired) electrons. The Morgan fingerprint density at radius 1 is 0.968 bits per heavy atom. The van der Waals surface area contributed by atoms with Gasteiger partial charge < -0.3 is 14.4 Å². The first-order valence-corrected chi connectivity index (χ1v) is 9.95. The Kier molecular flexibility index (Phi) is 6.08. The van der Waals surface area contributed by atoms with Gasteiger partial charge in [0, 0.05) is 31.2 Å². The molecule has 1 fully saturated rings. The molecule has 2 heterocycles. The zero-order chi connectivity index (χ0) is 21.8. The van der Waals surface area contributed by atoms with Crippen molar-refractivity contribution in [1.82, 2.24) is 9.97 Å². The van der Waals surface area contributed by atoms with E-state index in [9.17, 15) is 13.2 Å². The van der Waals surface area contributed by atoms with Gasteiger partial charge in [-0.1, -0.05) is 12.1 Å². The standard InChI is InChI=1S/C23H22F3N3O2/c1-16-22(28-7-6-27-16)15-31-21-13-18(12-19(14-21)23(24,25)26)17-2-4-20(5-3-17)29-8-10-30-11-9-29/h2-7,12-14H,8-11,15H2,1H3. The van der Waals surface area contributed by atoms with Crippen LogP contribution in [0.4, 0.5) is 18.9 Å². The topological polar surface area (TPSA) is 47.5 Å². The molecular formula is C23H22F3N3O2. The lowest BCUT2D eigenvalue weighted by atomic mass is 10.0. The Bertz CT molecular complexity index is 1030. The van der Waals surface area contributed by atoms with Crippen molar-refractivity contribution in [2.45, 2.75) is 19.7 Å². The summed E-state index contributed by atoms with van der Waals surface area (Å²) in [5.74, 6) is 0.132. The molecule has 1 saturated heterocycles. The number of alkyl halides is 3. The lowest BCUT2D eigenvalue weighted by molar-refractivity contribution is -0.137. The quantitative estimate of drug-likeness (QED) is 0.578. The number of anilines is 1. The first kappa shape index (κ1) is 21.1. The highest BCUT2D eigenvalue weighted by Gasteiger charge is 2.31. The second kappa shape index (κ2) is 8.93. The van der Waals surface area contributed by atoms with Crippen molar-refractivity contribution in [1.29, 1.82) is 0 Å². The van der Waals surface area contributed by atoms with Gasteiger partial charge in [-0.15, -0.1) is 0 Å². The molecule has 5 nitrogen and oxygen atoms in total. The molecule has 4 rings (SSSR count). The number of hydrogen-bond acceptors (Lipinski definition) is 5. The minimum Gasteiger partial charge on any atom is -0.487 e. The van der Waals surface area contributed by atoms with Crippen LogP contribution in [0.25, 0.3) is 11.1 Å². The molecule has 0 saturated carbocycles. The molecule has 0 atom stereocenters. The van der Waals surface area contributed by atoms with E-state index in [-0.39, 0.29) is 12.4 Å². The maximum absolute atomic E-state index is 13.5. The first-order valence-electron chi connectivity index (χ1n) is 9.95. The van der Waals surface area contributed by atoms with E-state index < -0.39 is 11.7 Å². The third-order valence-electron chi connectivity index (χ3n) is 5.17. The molecule has 1 aliphatic heterocycles. The van der Waals surface area contributed by atoms with Gasteiger partial charge in [-0.2, -0.15) is 13.2 Å². The fourth-order valence-electron chi connectivity index (χ4n) is 3.43. The summed E-state index contributed by atoms with van der Waals surface area (Å²) < 4.78 is 51.5. The molecule has 1 aromatic heterocycles. The normalized spacial score (nSPS) is 14.5. The molecule has 0 bridgehead atoms. The Morgan fingerprint density at radius 3 is 2.35 bits per heavy atom. The molecule has 0 spiro atoms. The SMILES string of the molecule is Cc1nccnc1COc1cc(-c2ccc(N3CCOCC3)cc2)cc(C(F)(F)F)c1. The minimum absolute atomic E-state index is 0.0381. The number of nitrogens with zero attached hydrogens (tertiary/aromatic N) is 3. The highest BCUT2D eigenvalue weighted by molar-refractivity contribution is 5.69. The Labute approximate surface area is 178 Å². The van der Waals surface area contributed by atoms with E-state index in [4.69, 9.17) is 9.47 Å². The van der Waals surface area contributed by atoms with Crippen LogP contribution < -0.4 is 9.64 Å². The summed E-state index contributed by atoms with van der Waals surface area (Å²) in [5.41, 5.74) is 2.64. The van der Waals surface area contributed by atoms with E-state index in [2.05, 4.69) is 14.9 Å². The Balaban J connectivity index is 1.60. The van der Waals surface area contributed by atoms with Gasteiger partial charge in [0.1, 0.15) is 12.4 Å². The maximum Gasteiger partial charge on any atom is 0.416 e. The van der Waals surface area contributed by atoms with E-state index in [0.717, 1.165) is 30.9 Å². The first-order chi connectivity index (χ1) is 14.9. The summed E-state index contributed by atoms with van der Waals surface area (Å²) in [6, 6.07) is 11.3. The molecule has 0 aliphatic carbocycles. The van der Waals surface area contributed by atoms with Crippen LogP contribution in [0.2, 0.25) is 0 Å². The number of halogens is 3. The van der Waals surface area contributed by atoms with Crippen molar-refractivity contribution < 1.29 is 22.6 Å². The van der Waals surface area contributed by atoms with Crippen LogP contribution in [0.5, 0.6) is 5.75 Å². The van der Waals surface area contributed by atoms with Crippen LogP contribution in [-0.2, 0) is 17.5 Å². The number of rotatable bonds is 5. The van der Waals surface area contributed by atoms with Crippen molar-refractivity contribution in [3.8, 4) is 16.9 Å². The van der Waals surface area contributed by atoms with Gasteiger partial charge in [-0.25, -0.2) is 0 Å². The zero-order valence-corrected chi connectivity index (χ0v) is 17.0. The van der Waals surface area contributed by atoms with E-state index in [0.29, 0.717) is 35.7 Å². The van der Waals surface area contributed by atoms with Gasteiger partial charge in [0.25, 0.3) is 0 Å². The summed E-state index contributed by atoms with van der Waals surface area (Å²) in [6.45, 7) is 4.74. The number of aromatic nitrogens is 2. The van der Waals surface area contributed by atoms with Gasteiger partial charge in [0.05, 0.1) is 30.2 Å². The summed E-state index contributed by atoms with van der Waals surface area (Å²) in [5, 5.41) is 0. The fraction of sp³-hybridized carbons (Fsp3) is 0.304. The van der Waals surface area contributed by atoms with Gasteiger partial charge in [0.2, 0.25) is 0 Å². The average molecular weight is 429 g/mol. The fourth-order valence-corrected chi connectivity index (χ4v) is 3.43. The summed E-state index contributed by atoms with van der Waals surface area (Å²) >= 11 is 0. The largest absolute Gasteiger partial charge is 0.487 e. The van der Waals surface area contributed by atoms with Crippen LogP contribution in [0.1, 0.15) is 17.0 Å². The highest BCUT2D eigenvalue weighted by Crippen LogP contribution is 2.36. The molecule has 0 N–H and O–H groups in total. The van der Waals surface area contributed by atoms with Crippen molar-refractivity contribution in [3.63, 3.8) is 0 Å². The van der Waals surface area contributed by atoms with Crippen molar-refractivity contribution in [2.75, 3.05) is 31.2 Å². The van der Waals surface area contributed by atoms with Crippen LogP contribution >= 0.6 is 0 Å². The molecule has 1 aliphatic rings. The molecule has 8 heteroatoms. The number of morpholine rings is 1. The molecule has 0 unspecified atom stereocenters. The van der Waals surface area contributed by atoms with Crippen molar-refractivity contribution >= 4 is 5.69 Å². The van der Waals surface area contributed by atoms with Crippen molar-refractivity contribution in [2.24, 2.45) is 0 Å². The smallest absolute Gasteiger partial charge is 0.416 e. The predicted molar refractivity (Wildman–Crippen MR) is 111 cm³/mol. The van der Waals surface area contributed by atoms with E-state index in [1.54, 1.807) is 19.2 Å². The van der Waals surface area contributed by atoms with E-state index >= 15 is 0 Å². The Hall–Kier alpha value is -3.13. The minimum atomic E-state index is -4.48. The van der Waals surface area contributed by atoms with Crippen LogP contribution in [0, 0.1) is 6.92 Å². The van der Waals surface area contributed by atoms with E-state index in [1.165, 1.54) is 6.20 Å². The van der Waals surface area contributed by atoms with Gasteiger partial charge in [-0.05, 0) is 48.4 Å². The van der Waals surface area contributed by atoms with Gasteiger partial charge in [-0.3, -0.25) is 9.97 Å². The molecule has 3 aromatic rings. The maximum atomic E-state index is 13.5. The number of hydrogen-bond donors (Lipinski definition) is 0. The predicted octanol–water partition coefficient (Wildman–Crippen LogP) is 4.89. The lowest BCUT2D eigenvalue weighted by Gasteiger charge is -2.29. The van der Waals surface area contributed by atoms with Gasteiger partial charge in [0.15, 0.2) is 0 Å². The van der Waals surface area contributed by atoms with Crippen LogP contribution in [0.15, 0.2) is 54.9 Å². The summed E-state index contributed by atoms with van der Waals surface area (Å²) in [4.78, 5) is 10.5. The molecule has 31 heavy (non-hydrogen) atoms. The summed E-state index contributed by atoms with van der Waals surface area (Å²) in [7, 11) is 0. The van der Waals surface area contributed by atoms with Crippen LogP contribution in [0.3, 0.4) is 0 Å². The molecule has 162 valence electrons. The second-order valence-electron chi connectivity index (χ2n) is 7.27. The van der Waals surface area contributed by atoms with E-state index in [1.807, 2.05) is 24.3 Å². The monoisotopic (exact) mass is 429 g/mol. The molecule has 0 amide bonds. The highest BCUT2D eigenvalue weighted by atomic mass is 19.4. The number of aryl methyl sites for hydroxylation is 1. The molecule has 2 aromatic carbocycles. The zero-order valence-electron chi connectivity index (χ0n) is 17.0. The average Bonchev–Trinajstić information content (AvgIpc) is 2.78. The third kappa shape index (κ3) is 5.14. The van der Waals surface area contributed by atoms with Gasteiger partial charge >= 0.3 is 6.18 Å². The van der Waals surface area contributed by atoms with Crippen LogP contribution in [-0.4, -0.2) is 36.3 Å². The number of benzene rings is 2. The molecular weight excluding hydrogens is 407 g/mol. The Morgan fingerprint density at radius 2 is 1.68 bits per heavy atom. The summed E-state index contributed by atoms with van der Waals surface area (Å²) in [6.07, 6.45) is -1.40. The third-order valence-corrected chi connectivity index (χ3v) is 5.17.